The van der Waals surface area contributed by atoms with Crippen molar-refractivity contribution in [2.45, 2.75) is 26.2 Å². The van der Waals surface area contributed by atoms with Gasteiger partial charge in [0.25, 0.3) is 0 Å². The van der Waals surface area contributed by atoms with E-state index < -0.39 is 0 Å². The van der Waals surface area contributed by atoms with E-state index in [9.17, 15) is 5.11 Å². The second-order valence-corrected chi connectivity index (χ2v) is 5.31. The summed E-state index contributed by atoms with van der Waals surface area (Å²) in [6.07, 6.45) is 2.73. The lowest BCUT2D eigenvalue weighted by molar-refractivity contribution is -0.0336. The van der Waals surface area contributed by atoms with Crippen LogP contribution in [0.1, 0.15) is 20.1 Å². The first-order chi connectivity index (χ1) is 9.13. The van der Waals surface area contributed by atoms with Gasteiger partial charge >= 0.3 is 0 Å². The van der Waals surface area contributed by atoms with Crippen molar-refractivity contribution in [3.05, 3.63) is 17.8 Å². The number of fused-ring (bicyclic) bond motifs is 1. The molecule has 0 radical (unpaired) electrons. The molecule has 1 fully saturated rings. The number of aromatic nitrogens is 4. The van der Waals surface area contributed by atoms with Crippen molar-refractivity contribution >= 4 is 22.8 Å². The number of halogens is 1. The van der Waals surface area contributed by atoms with Crippen molar-refractivity contribution < 1.29 is 9.84 Å². The monoisotopic (exact) mass is 282 g/mol. The van der Waals surface area contributed by atoms with Crippen molar-refractivity contribution in [1.29, 1.82) is 0 Å². The minimum atomic E-state index is -0.192. The molecule has 1 aliphatic heterocycles. The number of aliphatic hydroxyl groups is 1. The zero-order valence-electron chi connectivity index (χ0n) is 10.7. The normalized spacial score (nSPS) is 31.2. The topological polar surface area (TPSA) is 73.1 Å². The lowest BCUT2D eigenvalue weighted by atomic mass is 9.93. The number of aliphatic hydroxyl groups excluding tert-OH is 1. The van der Waals surface area contributed by atoms with E-state index in [0.717, 1.165) is 0 Å². The average molecular weight is 283 g/mol. The quantitative estimate of drug-likeness (QED) is 0.848. The molecule has 0 saturated carbocycles. The number of rotatable bonds is 2. The molecule has 0 aliphatic carbocycles. The molecule has 4 unspecified atom stereocenters. The van der Waals surface area contributed by atoms with Crippen molar-refractivity contribution in [2.24, 2.45) is 11.8 Å². The predicted molar refractivity (Wildman–Crippen MR) is 69.7 cm³/mol. The molecule has 2 aromatic heterocycles. The number of hydrogen-bond acceptors (Lipinski definition) is 5. The molecule has 7 heteroatoms. The summed E-state index contributed by atoms with van der Waals surface area (Å²) >= 11 is 5.99. The van der Waals surface area contributed by atoms with Gasteiger partial charge in [0.15, 0.2) is 10.8 Å². The van der Waals surface area contributed by atoms with E-state index >= 15 is 0 Å². The molecule has 19 heavy (non-hydrogen) atoms. The minimum Gasteiger partial charge on any atom is -0.394 e. The highest BCUT2D eigenvalue weighted by Gasteiger charge is 2.40. The van der Waals surface area contributed by atoms with Gasteiger partial charge in [0.05, 0.1) is 19.0 Å². The summed E-state index contributed by atoms with van der Waals surface area (Å²) < 4.78 is 7.76. The van der Waals surface area contributed by atoms with E-state index in [-0.39, 0.29) is 30.8 Å². The smallest absolute Gasteiger partial charge is 0.166 e. The van der Waals surface area contributed by atoms with Crippen LogP contribution >= 0.6 is 11.6 Å². The molecule has 0 spiro atoms. The van der Waals surface area contributed by atoms with Gasteiger partial charge in [-0.3, -0.25) is 4.57 Å². The Labute approximate surface area is 115 Å². The predicted octanol–water partition coefficient (Wildman–Crippen LogP) is 1.64. The Hall–Kier alpha value is -1.24. The molecular formula is C12H15ClN4O2. The Morgan fingerprint density at radius 3 is 2.79 bits per heavy atom. The van der Waals surface area contributed by atoms with Crippen molar-refractivity contribution in [3.8, 4) is 0 Å². The summed E-state index contributed by atoms with van der Waals surface area (Å²) in [6.45, 7) is 4.19. The van der Waals surface area contributed by atoms with E-state index in [1.807, 2.05) is 4.57 Å². The molecule has 3 heterocycles. The molecule has 102 valence electrons. The van der Waals surface area contributed by atoms with E-state index in [1.165, 1.54) is 6.33 Å². The third-order valence-electron chi connectivity index (χ3n) is 3.95. The molecule has 1 saturated heterocycles. The Kier molecular flexibility index (Phi) is 3.16. The Morgan fingerprint density at radius 2 is 2.11 bits per heavy atom. The van der Waals surface area contributed by atoms with Crippen LogP contribution in [-0.2, 0) is 4.74 Å². The molecule has 0 aromatic carbocycles. The number of ether oxygens (including phenoxy) is 1. The van der Waals surface area contributed by atoms with Crippen LogP contribution in [0.4, 0.5) is 0 Å². The molecule has 0 bridgehead atoms. The first-order valence-corrected chi connectivity index (χ1v) is 6.60. The standard InChI is InChI=1S/C12H15ClN4O2/c1-6-7(2)12(19-8(6)3-18)17-5-16-9-10(13)14-4-15-11(9)17/h4-8,12,18H,3H2,1-2H3. The fraction of sp³-hybridized carbons (Fsp3) is 0.583. The van der Waals surface area contributed by atoms with Crippen molar-refractivity contribution in [1.82, 2.24) is 19.5 Å². The van der Waals surface area contributed by atoms with Gasteiger partial charge in [-0.05, 0) is 5.92 Å². The Balaban J connectivity index is 2.04. The SMILES string of the molecule is CC1C(CO)OC(n2cnc3c(Cl)ncnc32)C1C. The zero-order chi connectivity index (χ0) is 13.6. The van der Waals surface area contributed by atoms with Crippen molar-refractivity contribution in [2.75, 3.05) is 6.61 Å². The highest BCUT2D eigenvalue weighted by molar-refractivity contribution is 6.33. The highest BCUT2D eigenvalue weighted by atomic mass is 35.5. The zero-order valence-corrected chi connectivity index (χ0v) is 11.4. The van der Waals surface area contributed by atoms with Crippen LogP contribution in [0.3, 0.4) is 0 Å². The maximum atomic E-state index is 9.33. The van der Waals surface area contributed by atoms with Gasteiger partial charge in [-0.2, -0.15) is 0 Å². The van der Waals surface area contributed by atoms with Crippen LogP contribution in [0.5, 0.6) is 0 Å². The van der Waals surface area contributed by atoms with Gasteiger partial charge in [0.2, 0.25) is 0 Å². The van der Waals surface area contributed by atoms with Crippen molar-refractivity contribution in [3.63, 3.8) is 0 Å². The third-order valence-corrected chi connectivity index (χ3v) is 4.22. The van der Waals surface area contributed by atoms with Gasteiger partial charge in [-0.25, -0.2) is 15.0 Å². The fourth-order valence-corrected chi connectivity index (χ4v) is 2.74. The number of imidazole rings is 1. The molecule has 2 aromatic rings. The number of nitrogens with zero attached hydrogens (tertiary/aromatic N) is 4. The maximum Gasteiger partial charge on any atom is 0.166 e. The molecule has 6 nitrogen and oxygen atoms in total. The summed E-state index contributed by atoms with van der Waals surface area (Å²) in [5, 5.41) is 9.66. The molecule has 0 amide bonds. The Bertz CT molecular complexity index is 602. The fourth-order valence-electron chi connectivity index (χ4n) is 2.56. The lowest BCUT2D eigenvalue weighted by Gasteiger charge is -2.17. The average Bonchev–Trinajstić information content (AvgIpc) is 2.94. The van der Waals surface area contributed by atoms with Crippen LogP contribution < -0.4 is 0 Å². The molecule has 4 atom stereocenters. The van der Waals surface area contributed by atoms with E-state index in [2.05, 4.69) is 28.8 Å². The second kappa shape index (κ2) is 4.70. The first kappa shape index (κ1) is 12.8. The van der Waals surface area contributed by atoms with Crippen LogP contribution in [0, 0.1) is 11.8 Å². The summed E-state index contributed by atoms with van der Waals surface area (Å²) in [7, 11) is 0. The van der Waals surface area contributed by atoms with Gasteiger partial charge < -0.3 is 9.84 Å². The molecule has 3 rings (SSSR count). The van der Waals surface area contributed by atoms with Gasteiger partial charge in [-0.1, -0.05) is 25.4 Å². The van der Waals surface area contributed by atoms with E-state index in [0.29, 0.717) is 16.3 Å². The number of hydrogen-bond donors (Lipinski definition) is 1. The van der Waals surface area contributed by atoms with Crippen LogP contribution in [0.15, 0.2) is 12.7 Å². The second-order valence-electron chi connectivity index (χ2n) is 4.95. The van der Waals surface area contributed by atoms with Crippen LogP contribution in [0.25, 0.3) is 11.2 Å². The molecule has 1 N–H and O–H groups in total. The summed E-state index contributed by atoms with van der Waals surface area (Å²) in [5.41, 5.74) is 1.22. The lowest BCUT2D eigenvalue weighted by Crippen LogP contribution is -2.19. The maximum absolute atomic E-state index is 9.33. The van der Waals surface area contributed by atoms with E-state index in [4.69, 9.17) is 16.3 Å². The summed E-state index contributed by atoms with van der Waals surface area (Å²) in [6, 6.07) is 0. The minimum absolute atomic E-state index is 0.0182. The molecule has 1 aliphatic rings. The van der Waals surface area contributed by atoms with Gasteiger partial charge in [0, 0.05) is 5.92 Å². The third kappa shape index (κ3) is 1.91. The van der Waals surface area contributed by atoms with E-state index in [1.54, 1.807) is 6.33 Å². The summed E-state index contributed by atoms with van der Waals surface area (Å²) in [4.78, 5) is 12.4. The van der Waals surface area contributed by atoms with Gasteiger partial charge in [-0.15, -0.1) is 0 Å². The van der Waals surface area contributed by atoms with Crippen LogP contribution in [0.2, 0.25) is 5.15 Å². The Morgan fingerprint density at radius 1 is 1.32 bits per heavy atom. The first-order valence-electron chi connectivity index (χ1n) is 6.22. The van der Waals surface area contributed by atoms with Gasteiger partial charge in [0.1, 0.15) is 18.1 Å². The highest BCUT2D eigenvalue weighted by Crippen LogP contribution is 2.39. The van der Waals surface area contributed by atoms with Crippen LogP contribution in [-0.4, -0.2) is 37.3 Å². The summed E-state index contributed by atoms with van der Waals surface area (Å²) in [5.74, 6) is 0.521. The largest absolute Gasteiger partial charge is 0.394 e. The molecular weight excluding hydrogens is 268 g/mol.